The monoisotopic (exact) mass is 389 g/mol. The molecule has 3 rings (SSSR count). The maximum atomic E-state index is 12.0. The quantitative estimate of drug-likeness (QED) is 0.361. The molecule has 7 nitrogen and oxygen atoms in total. The summed E-state index contributed by atoms with van der Waals surface area (Å²) in [5.74, 6) is 0.330. The van der Waals surface area contributed by atoms with Gasteiger partial charge < -0.3 is 10.1 Å². The Morgan fingerprint density at radius 2 is 1.83 bits per heavy atom. The SMILES string of the molecule is Cc1cccc(NC(=O)COc2ccc(C=Nc3ccc([N+](=O)[O-])cc3)cc2)c1. The highest BCUT2D eigenvalue weighted by Gasteiger charge is 2.05. The van der Waals surface area contributed by atoms with Crippen LogP contribution in [-0.4, -0.2) is 23.7 Å². The molecule has 0 fully saturated rings. The molecule has 0 saturated heterocycles. The second-order valence-electron chi connectivity index (χ2n) is 6.31. The number of rotatable bonds is 7. The van der Waals surface area contributed by atoms with E-state index in [9.17, 15) is 14.9 Å². The highest BCUT2D eigenvalue weighted by atomic mass is 16.6. The lowest BCUT2D eigenvalue weighted by Crippen LogP contribution is -2.20. The number of hydrogen-bond donors (Lipinski definition) is 1. The summed E-state index contributed by atoms with van der Waals surface area (Å²) in [7, 11) is 0. The van der Waals surface area contributed by atoms with Gasteiger partial charge in [0.25, 0.3) is 11.6 Å². The Balaban J connectivity index is 1.51. The molecule has 0 bridgehead atoms. The van der Waals surface area contributed by atoms with Gasteiger partial charge in [-0.1, -0.05) is 12.1 Å². The number of non-ortho nitro benzene ring substituents is 1. The molecule has 0 aliphatic carbocycles. The van der Waals surface area contributed by atoms with E-state index < -0.39 is 4.92 Å². The first-order valence-electron chi connectivity index (χ1n) is 8.87. The van der Waals surface area contributed by atoms with Crippen LogP contribution in [0.15, 0.2) is 77.8 Å². The zero-order valence-electron chi connectivity index (χ0n) is 15.7. The number of nitrogens with zero attached hydrogens (tertiary/aromatic N) is 2. The number of aliphatic imine (C=N–C) groups is 1. The Bertz CT molecular complexity index is 1030. The van der Waals surface area contributed by atoms with Gasteiger partial charge in [-0.25, -0.2) is 0 Å². The van der Waals surface area contributed by atoms with E-state index >= 15 is 0 Å². The molecule has 1 N–H and O–H groups in total. The molecule has 0 aromatic heterocycles. The van der Waals surface area contributed by atoms with Gasteiger partial charge in [-0.3, -0.25) is 19.9 Å². The van der Waals surface area contributed by atoms with Crippen LogP contribution in [0.5, 0.6) is 5.75 Å². The number of anilines is 1. The fourth-order valence-electron chi connectivity index (χ4n) is 2.53. The molecule has 0 aliphatic rings. The van der Waals surface area contributed by atoms with Gasteiger partial charge in [0.15, 0.2) is 6.61 Å². The Labute approximate surface area is 167 Å². The van der Waals surface area contributed by atoms with Crippen LogP contribution in [0.1, 0.15) is 11.1 Å². The van der Waals surface area contributed by atoms with Crippen LogP contribution in [0, 0.1) is 17.0 Å². The summed E-state index contributed by atoms with van der Waals surface area (Å²) >= 11 is 0. The van der Waals surface area contributed by atoms with Crippen LogP contribution in [0.2, 0.25) is 0 Å². The Morgan fingerprint density at radius 3 is 2.48 bits per heavy atom. The second-order valence-corrected chi connectivity index (χ2v) is 6.31. The number of benzene rings is 3. The van der Waals surface area contributed by atoms with Gasteiger partial charge in [0.05, 0.1) is 10.6 Å². The van der Waals surface area contributed by atoms with Crippen molar-refractivity contribution in [2.45, 2.75) is 6.92 Å². The average molecular weight is 389 g/mol. The van der Waals surface area contributed by atoms with Crippen molar-refractivity contribution in [2.24, 2.45) is 4.99 Å². The number of aryl methyl sites for hydroxylation is 1. The summed E-state index contributed by atoms with van der Waals surface area (Å²) in [6, 6.07) is 20.6. The minimum atomic E-state index is -0.451. The third kappa shape index (κ3) is 6.00. The number of ether oxygens (including phenoxy) is 1. The van der Waals surface area contributed by atoms with Crippen LogP contribution in [-0.2, 0) is 4.79 Å². The molecule has 0 radical (unpaired) electrons. The zero-order chi connectivity index (χ0) is 20.6. The van der Waals surface area contributed by atoms with Gasteiger partial charge in [0.2, 0.25) is 0 Å². The summed E-state index contributed by atoms with van der Waals surface area (Å²) in [6.07, 6.45) is 1.65. The van der Waals surface area contributed by atoms with Crippen LogP contribution < -0.4 is 10.1 Å². The Kier molecular flexibility index (Phi) is 6.32. The summed E-state index contributed by atoms with van der Waals surface area (Å²) in [6.45, 7) is 1.86. The predicted octanol–water partition coefficient (Wildman–Crippen LogP) is 4.67. The topological polar surface area (TPSA) is 93.8 Å². The lowest BCUT2D eigenvalue weighted by molar-refractivity contribution is -0.384. The summed E-state index contributed by atoms with van der Waals surface area (Å²) in [5, 5.41) is 13.4. The lowest BCUT2D eigenvalue weighted by Gasteiger charge is -2.08. The van der Waals surface area contributed by atoms with Gasteiger partial charge >= 0.3 is 0 Å². The second kappa shape index (κ2) is 9.27. The van der Waals surface area contributed by atoms with E-state index in [4.69, 9.17) is 4.74 Å². The van der Waals surface area contributed by atoms with E-state index in [-0.39, 0.29) is 18.2 Å². The van der Waals surface area contributed by atoms with Crippen LogP contribution in [0.3, 0.4) is 0 Å². The molecule has 7 heteroatoms. The van der Waals surface area contributed by atoms with E-state index in [1.54, 1.807) is 30.5 Å². The largest absolute Gasteiger partial charge is 0.484 e. The average Bonchev–Trinajstić information content (AvgIpc) is 2.72. The Hall–Kier alpha value is -4.00. The maximum Gasteiger partial charge on any atom is 0.269 e. The van der Waals surface area contributed by atoms with Crippen LogP contribution in [0.25, 0.3) is 0 Å². The van der Waals surface area contributed by atoms with Crippen molar-refractivity contribution in [2.75, 3.05) is 11.9 Å². The lowest BCUT2D eigenvalue weighted by atomic mass is 10.2. The number of hydrogen-bond acceptors (Lipinski definition) is 5. The maximum absolute atomic E-state index is 12.0. The minimum Gasteiger partial charge on any atom is -0.484 e. The predicted molar refractivity (Wildman–Crippen MR) is 112 cm³/mol. The molecular formula is C22H19N3O4. The van der Waals surface area contributed by atoms with Crippen molar-refractivity contribution in [3.8, 4) is 5.75 Å². The van der Waals surface area contributed by atoms with Crippen molar-refractivity contribution in [3.63, 3.8) is 0 Å². The third-order valence-electron chi connectivity index (χ3n) is 3.98. The molecule has 0 atom stereocenters. The smallest absolute Gasteiger partial charge is 0.269 e. The highest BCUT2D eigenvalue weighted by Crippen LogP contribution is 2.18. The number of amides is 1. The molecule has 0 aliphatic heterocycles. The van der Waals surface area contributed by atoms with Gasteiger partial charge in [-0.15, -0.1) is 0 Å². The standard InChI is InChI=1S/C22H19N3O4/c1-16-3-2-4-19(13-16)24-22(26)15-29-21-11-5-17(6-12-21)14-23-18-7-9-20(10-8-18)25(27)28/h2-14H,15H2,1H3,(H,24,26). The molecular weight excluding hydrogens is 370 g/mol. The number of carbonyl (C=O) groups excluding carboxylic acids is 1. The van der Waals surface area contributed by atoms with Gasteiger partial charge in [0, 0.05) is 24.0 Å². The van der Waals surface area contributed by atoms with E-state index in [1.807, 2.05) is 43.3 Å². The Morgan fingerprint density at radius 1 is 1.10 bits per heavy atom. The molecule has 146 valence electrons. The number of nitrogens with one attached hydrogen (secondary N) is 1. The summed E-state index contributed by atoms with van der Waals surface area (Å²) < 4.78 is 5.50. The molecule has 0 saturated carbocycles. The van der Waals surface area contributed by atoms with Gasteiger partial charge in [-0.05, 0) is 66.6 Å². The first-order chi connectivity index (χ1) is 14.0. The normalized spacial score (nSPS) is 10.7. The zero-order valence-corrected chi connectivity index (χ0v) is 15.7. The highest BCUT2D eigenvalue weighted by molar-refractivity contribution is 5.92. The molecule has 0 heterocycles. The van der Waals surface area contributed by atoms with Crippen molar-refractivity contribution in [1.29, 1.82) is 0 Å². The molecule has 29 heavy (non-hydrogen) atoms. The van der Waals surface area contributed by atoms with E-state index in [0.29, 0.717) is 11.4 Å². The van der Waals surface area contributed by atoms with E-state index in [1.165, 1.54) is 12.1 Å². The van der Waals surface area contributed by atoms with Crippen molar-refractivity contribution < 1.29 is 14.5 Å². The first kappa shape index (κ1) is 19.8. The number of nitro groups is 1. The van der Waals surface area contributed by atoms with Crippen molar-refractivity contribution in [1.82, 2.24) is 0 Å². The van der Waals surface area contributed by atoms with Gasteiger partial charge in [-0.2, -0.15) is 0 Å². The third-order valence-corrected chi connectivity index (χ3v) is 3.98. The van der Waals surface area contributed by atoms with Crippen LogP contribution in [0.4, 0.5) is 17.1 Å². The molecule has 0 spiro atoms. The summed E-state index contributed by atoms with van der Waals surface area (Å²) in [4.78, 5) is 26.5. The van der Waals surface area contributed by atoms with Crippen molar-refractivity contribution in [3.05, 3.63) is 94.0 Å². The summed E-state index contributed by atoms with van der Waals surface area (Å²) in [5.41, 5.74) is 3.27. The van der Waals surface area contributed by atoms with Gasteiger partial charge in [0.1, 0.15) is 5.75 Å². The molecule has 3 aromatic carbocycles. The number of nitro benzene ring substituents is 1. The van der Waals surface area contributed by atoms with Crippen molar-refractivity contribution >= 4 is 29.2 Å². The molecule has 3 aromatic rings. The van der Waals surface area contributed by atoms with E-state index in [0.717, 1.165) is 16.8 Å². The number of carbonyl (C=O) groups is 1. The first-order valence-corrected chi connectivity index (χ1v) is 8.87. The molecule has 0 unspecified atom stereocenters. The minimum absolute atomic E-state index is 0.0249. The fourth-order valence-corrected chi connectivity index (χ4v) is 2.53. The van der Waals surface area contributed by atoms with Crippen LogP contribution >= 0.6 is 0 Å². The van der Waals surface area contributed by atoms with E-state index in [2.05, 4.69) is 10.3 Å². The fraction of sp³-hybridized carbons (Fsp3) is 0.0909. The molecule has 1 amide bonds.